The number of hydrogen-bond donors (Lipinski definition) is 1. The van der Waals surface area contributed by atoms with Crippen LogP contribution in [0.5, 0.6) is 17.2 Å². The van der Waals surface area contributed by atoms with Crippen molar-refractivity contribution >= 4 is 21.7 Å². The second-order valence-electron chi connectivity index (χ2n) is 9.23. The third-order valence-electron chi connectivity index (χ3n) is 6.69. The van der Waals surface area contributed by atoms with Gasteiger partial charge in [0.1, 0.15) is 17.9 Å². The summed E-state index contributed by atoms with van der Waals surface area (Å²) in [7, 11) is 0. The van der Waals surface area contributed by atoms with Crippen LogP contribution in [0.1, 0.15) is 31.1 Å². The first-order valence-electron chi connectivity index (χ1n) is 11.6. The third-order valence-corrected chi connectivity index (χ3v) is 6.69. The van der Waals surface area contributed by atoms with Crippen molar-refractivity contribution in [3.8, 4) is 17.2 Å². The van der Waals surface area contributed by atoms with Gasteiger partial charge >= 0.3 is 6.18 Å². The SMILES string of the molecule is CC1CC[NH+](Cc2c([O-])ccc3c(=O)c(Oc4ccc5ccccc5c4)c(C(F)(F)F)oc23)CC1. The van der Waals surface area contributed by atoms with E-state index < -0.39 is 28.9 Å². The van der Waals surface area contributed by atoms with E-state index in [4.69, 9.17) is 9.15 Å². The molecule has 8 heteroatoms. The largest absolute Gasteiger partial charge is 0.872 e. The van der Waals surface area contributed by atoms with Gasteiger partial charge in [0.25, 0.3) is 5.76 Å². The maximum absolute atomic E-state index is 14.0. The molecular weight excluding hydrogens is 459 g/mol. The monoisotopic (exact) mass is 483 g/mol. The van der Waals surface area contributed by atoms with E-state index in [2.05, 4.69) is 6.92 Å². The highest BCUT2D eigenvalue weighted by molar-refractivity contribution is 5.85. The fraction of sp³-hybridized carbons (Fsp3) is 0.296. The molecule has 0 amide bonds. The van der Waals surface area contributed by atoms with E-state index in [0.29, 0.717) is 5.92 Å². The number of ether oxygens (including phenoxy) is 1. The number of halogens is 3. The molecule has 3 aromatic carbocycles. The number of rotatable bonds is 4. The molecule has 182 valence electrons. The van der Waals surface area contributed by atoms with Crippen molar-refractivity contribution in [2.24, 2.45) is 5.92 Å². The summed E-state index contributed by atoms with van der Waals surface area (Å²) in [6.07, 6.45) is -3.06. The summed E-state index contributed by atoms with van der Waals surface area (Å²) in [5.41, 5.74) is -1.19. The third kappa shape index (κ3) is 4.58. The van der Waals surface area contributed by atoms with Crippen molar-refractivity contribution in [1.29, 1.82) is 0 Å². The Morgan fingerprint density at radius 1 is 1.06 bits per heavy atom. The molecule has 1 aliphatic rings. The molecule has 0 aliphatic carbocycles. The number of hydrogen-bond acceptors (Lipinski definition) is 4. The van der Waals surface area contributed by atoms with Crippen LogP contribution in [0.25, 0.3) is 21.7 Å². The zero-order valence-electron chi connectivity index (χ0n) is 19.1. The van der Waals surface area contributed by atoms with Crippen LogP contribution in [-0.2, 0) is 12.7 Å². The van der Waals surface area contributed by atoms with Crippen LogP contribution < -0.4 is 20.2 Å². The molecule has 5 nitrogen and oxygen atoms in total. The van der Waals surface area contributed by atoms with Crippen LogP contribution in [0.15, 0.2) is 63.8 Å². The minimum Gasteiger partial charge on any atom is -0.872 e. The molecule has 1 aromatic heterocycles. The van der Waals surface area contributed by atoms with Gasteiger partial charge in [-0.1, -0.05) is 49.1 Å². The highest BCUT2D eigenvalue weighted by atomic mass is 19.4. The smallest absolute Gasteiger partial charge is 0.453 e. The van der Waals surface area contributed by atoms with Gasteiger partial charge in [0.05, 0.1) is 18.5 Å². The number of benzene rings is 3. The Balaban J connectivity index is 1.62. The lowest BCUT2D eigenvalue weighted by atomic mass is 9.98. The Bertz CT molecular complexity index is 1450. The zero-order valence-corrected chi connectivity index (χ0v) is 19.1. The zero-order chi connectivity index (χ0) is 24.7. The molecule has 5 rings (SSSR count). The second kappa shape index (κ2) is 8.92. The highest BCUT2D eigenvalue weighted by Crippen LogP contribution is 2.39. The molecule has 4 aromatic rings. The summed E-state index contributed by atoms with van der Waals surface area (Å²) in [6, 6.07) is 14.5. The van der Waals surface area contributed by atoms with E-state index in [1.54, 1.807) is 24.3 Å². The number of nitrogens with one attached hydrogen (secondary N) is 1. The molecule has 2 heterocycles. The van der Waals surface area contributed by atoms with Crippen molar-refractivity contribution in [3.05, 3.63) is 76.1 Å². The second-order valence-corrected chi connectivity index (χ2v) is 9.23. The van der Waals surface area contributed by atoms with Crippen LogP contribution in [0.4, 0.5) is 13.2 Å². The Morgan fingerprint density at radius 2 is 1.77 bits per heavy atom. The minimum absolute atomic E-state index is 0.0772. The molecule has 35 heavy (non-hydrogen) atoms. The quantitative estimate of drug-likeness (QED) is 0.459. The molecule has 0 unspecified atom stereocenters. The topological polar surface area (TPSA) is 66.9 Å². The standard InChI is InChI=1S/C27H24F3NO4/c1-16-10-12-31(13-11-16)15-21-22(32)9-8-20-23(33)25(26(27(28,29)30)35-24(20)21)34-19-7-6-17-4-2-3-5-18(17)14-19/h2-9,14,16,32H,10-13,15H2,1H3. The first kappa shape index (κ1) is 23.2. The number of piperidine rings is 1. The first-order valence-corrected chi connectivity index (χ1v) is 11.6. The van der Waals surface area contributed by atoms with E-state index in [1.807, 2.05) is 12.1 Å². The van der Waals surface area contributed by atoms with Crippen molar-refractivity contribution in [2.45, 2.75) is 32.5 Å². The summed E-state index contributed by atoms with van der Waals surface area (Å²) in [6.45, 7) is 3.96. The lowest BCUT2D eigenvalue weighted by Crippen LogP contribution is -3.11. The molecule has 0 saturated carbocycles. The molecule has 0 bridgehead atoms. The first-order chi connectivity index (χ1) is 16.7. The summed E-state index contributed by atoms with van der Waals surface area (Å²) in [5.74, 6) is -2.28. The lowest BCUT2D eigenvalue weighted by molar-refractivity contribution is -0.919. The fourth-order valence-electron chi connectivity index (χ4n) is 4.67. The van der Waals surface area contributed by atoms with E-state index in [1.165, 1.54) is 18.2 Å². The van der Waals surface area contributed by atoms with E-state index in [0.717, 1.165) is 41.6 Å². The normalized spacial score (nSPS) is 18.7. The van der Waals surface area contributed by atoms with Gasteiger partial charge in [0.2, 0.25) is 11.2 Å². The maximum atomic E-state index is 14.0. The number of alkyl halides is 3. The Labute approximate surface area is 199 Å². The highest BCUT2D eigenvalue weighted by Gasteiger charge is 2.41. The molecule has 1 N–H and O–H groups in total. The minimum atomic E-state index is -5.00. The van der Waals surface area contributed by atoms with Gasteiger partial charge in [-0.25, -0.2) is 0 Å². The summed E-state index contributed by atoms with van der Waals surface area (Å²) in [4.78, 5) is 14.4. The average Bonchev–Trinajstić information content (AvgIpc) is 2.83. The van der Waals surface area contributed by atoms with Crippen LogP contribution in [0.3, 0.4) is 0 Å². The number of likely N-dealkylation sites (tertiary alicyclic amines) is 1. The Kier molecular flexibility index (Phi) is 5.92. The van der Waals surface area contributed by atoms with Crippen LogP contribution in [0.2, 0.25) is 0 Å². The summed E-state index contributed by atoms with van der Waals surface area (Å²) in [5, 5.41) is 14.2. The molecule has 1 aliphatic heterocycles. The summed E-state index contributed by atoms with van der Waals surface area (Å²) >= 11 is 0. The Hall–Kier alpha value is -3.52. The fourth-order valence-corrected chi connectivity index (χ4v) is 4.67. The summed E-state index contributed by atoms with van der Waals surface area (Å²) < 4.78 is 53.0. The van der Waals surface area contributed by atoms with Gasteiger partial charge in [0.15, 0.2) is 0 Å². The molecular formula is C27H24F3NO4. The molecule has 0 atom stereocenters. The van der Waals surface area contributed by atoms with Crippen molar-refractivity contribution in [2.75, 3.05) is 13.1 Å². The van der Waals surface area contributed by atoms with Crippen LogP contribution in [-0.4, -0.2) is 13.1 Å². The van der Waals surface area contributed by atoms with Gasteiger partial charge in [-0.2, -0.15) is 13.2 Å². The number of fused-ring (bicyclic) bond motifs is 2. The Morgan fingerprint density at radius 3 is 2.49 bits per heavy atom. The maximum Gasteiger partial charge on any atom is 0.453 e. The number of quaternary nitrogens is 1. The van der Waals surface area contributed by atoms with Crippen molar-refractivity contribution in [1.82, 2.24) is 0 Å². The van der Waals surface area contributed by atoms with Gasteiger partial charge < -0.3 is 19.2 Å². The van der Waals surface area contributed by atoms with Gasteiger partial charge in [-0.05, 0) is 47.7 Å². The molecule has 0 radical (unpaired) electrons. The average molecular weight is 483 g/mol. The van der Waals surface area contributed by atoms with Crippen molar-refractivity contribution in [3.63, 3.8) is 0 Å². The van der Waals surface area contributed by atoms with Gasteiger partial charge in [0, 0.05) is 5.56 Å². The van der Waals surface area contributed by atoms with Gasteiger partial charge in [-0.15, -0.1) is 0 Å². The molecule has 0 spiro atoms. The molecule has 1 fully saturated rings. The lowest BCUT2D eigenvalue weighted by Gasteiger charge is -2.29. The van der Waals surface area contributed by atoms with E-state index in [-0.39, 0.29) is 28.8 Å². The van der Waals surface area contributed by atoms with E-state index in [9.17, 15) is 23.1 Å². The predicted molar refractivity (Wildman–Crippen MR) is 124 cm³/mol. The van der Waals surface area contributed by atoms with Crippen molar-refractivity contribution < 1.29 is 32.3 Å². The predicted octanol–water partition coefficient (Wildman–Crippen LogP) is 4.65. The molecule has 1 saturated heterocycles. The van der Waals surface area contributed by atoms with Gasteiger partial charge in [-0.3, -0.25) is 4.79 Å². The van der Waals surface area contributed by atoms with Crippen LogP contribution >= 0.6 is 0 Å². The van der Waals surface area contributed by atoms with Crippen LogP contribution in [0, 0.1) is 5.92 Å². The van der Waals surface area contributed by atoms with E-state index >= 15 is 0 Å².